The Labute approximate surface area is 458 Å². The second-order valence-electron chi connectivity index (χ2n) is 22.9. The molecule has 0 aromatic heterocycles. The molecule has 1 heterocycles. The smallest absolute Gasteiger partial charge is 0.220 e. The summed E-state index contributed by atoms with van der Waals surface area (Å²) in [5, 5.41) is 54.7. The summed E-state index contributed by atoms with van der Waals surface area (Å²) < 4.78 is 11.3. The van der Waals surface area contributed by atoms with Crippen LogP contribution >= 0.6 is 0 Å². The summed E-state index contributed by atoms with van der Waals surface area (Å²) in [4.78, 5) is 13.1. The van der Waals surface area contributed by atoms with Crippen molar-refractivity contribution in [1.29, 1.82) is 0 Å². The first-order chi connectivity index (χ1) is 36.3. The van der Waals surface area contributed by atoms with Gasteiger partial charge in [0, 0.05) is 6.42 Å². The highest BCUT2D eigenvalue weighted by molar-refractivity contribution is 5.76. The number of ether oxygens (including phenoxy) is 2. The molecule has 0 radical (unpaired) electrons. The van der Waals surface area contributed by atoms with E-state index in [2.05, 4.69) is 43.5 Å². The minimum Gasteiger partial charge on any atom is -0.394 e. The zero-order chi connectivity index (χ0) is 53.6. The summed E-state index contributed by atoms with van der Waals surface area (Å²) in [7, 11) is 0. The van der Waals surface area contributed by atoms with Crippen LogP contribution in [0.5, 0.6) is 0 Å². The fourth-order valence-electron chi connectivity index (χ4n) is 10.7. The molecule has 1 fully saturated rings. The summed E-state index contributed by atoms with van der Waals surface area (Å²) in [5.41, 5.74) is 0. The average Bonchev–Trinajstić information content (AvgIpc) is 3.40. The van der Waals surface area contributed by atoms with E-state index in [4.69, 9.17) is 9.47 Å². The molecule has 0 aliphatic carbocycles. The maximum absolute atomic E-state index is 13.1. The van der Waals surface area contributed by atoms with Crippen molar-refractivity contribution in [1.82, 2.24) is 5.32 Å². The van der Waals surface area contributed by atoms with Crippen LogP contribution in [-0.2, 0) is 14.3 Å². The predicted molar refractivity (Wildman–Crippen MR) is 314 cm³/mol. The number of carbonyl (C=O) groups is 1. The summed E-state index contributed by atoms with van der Waals surface area (Å²) in [6.07, 6.45) is 63.9. The van der Waals surface area contributed by atoms with E-state index >= 15 is 0 Å². The van der Waals surface area contributed by atoms with Crippen molar-refractivity contribution in [3.05, 3.63) is 24.3 Å². The van der Waals surface area contributed by atoms with E-state index in [1.54, 1.807) is 0 Å². The van der Waals surface area contributed by atoms with Crippen LogP contribution in [0, 0.1) is 0 Å². The van der Waals surface area contributed by atoms with Gasteiger partial charge in [-0.15, -0.1) is 0 Å². The van der Waals surface area contributed by atoms with Gasteiger partial charge in [-0.3, -0.25) is 4.79 Å². The molecule has 1 aliphatic rings. The van der Waals surface area contributed by atoms with E-state index < -0.39 is 49.5 Å². The van der Waals surface area contributed by atoms with Crippen LogP contribution in [0.4, 0.5) is 0 Å². The van der Waals surface area contributed by atoms with Gasteiger partial charge in [-0.1, -0.05) is 301 Å². The summed E-state index contributed by atoms with van der Waals surface area (Å²) >= 11 is 0. The lowest BCUT2D eigenvalue weighted by Crippen LogP contribution is -2.60. The molecule has 0 saturated carbocycles. The largest absolute Gasteiger partial charge is 0.394 e. The molecule has 9 nitrogen and oxygen atoms in total. The highest BCUT2D eigenvalue weighted by Gasteiger charge is 2.44. The maximum atomic E-state index is 13.1. The van der Waals surface area contributed by atoms with Gasteiger partial charge in [-0.2, -0.15) is 0 Å². The topological polar surface area (TPSA) is 149 Å². The van der Waals surface area contributed by atoms with E-state index in [0.717, 1.165) is 44.9 Å². The van der Waals surface area contributed by atoms with Crippen molar-refractivity contribution in [2.75, 3.05) is 13.2 Å². The maximum Gasteiger partial charge on any atom is 0.220 e. The summed E-state index contributed by atoms with van der Waals surface area (Å²) in [6, 6.07) is -0.715. The van der Waals surface area contributed by atoms with Gasteiger partial charge in [0.25, 0.3) is 0 Å². The van der Waals surface area contributed by atoms with Crippen molar-refractivity contribution in [2.45, 2.75) is 371 Å². The third-order valence-corrected chi connectivity index (χ3v) is 15.8. The molecule has 0 aromatic rings. The number of hydrogen-bond donors (Lipinski definition) is 6. The molecule has 0 spiro atoms. The molecule has 0 aromatic carbocycles. The zero-order valence-corrected chi connectivity index (χ0v) is 48.9. The van der Waals surface area contributed by atoms with E-state index in [1.165, 1.54) is 257 Å². The second kappa shape index (κ2) is 55.0. The predicted octanol–water partition coefficient (Wildman–Crippen LogP) is 16.9. The van der Waals surface area contributed by atoms with Gasteiger partial charge < -0.3 is 40.3 Å². The van der Waals surface area contributed by atoms with Gasteiger partial charge in [0.15, 0.2) is 6.29 Å². The van der Waals surface area contributed by atoms with E-state index in [0.29, 0.717) is 12.8 Å². The molecule has 1 rings (SSSR count). The SMILES string of the molecule is CCCCCCC/C=C\C/C=C\CCCCCCCCCCCCCCCCCCCCCCCCCCCC(=O)NC(COC1OC(CO)C(O)C(O)C1O)C(O)CCCCCCCCCCCCCCCC. The van der Waals surface area contributed by atoms with Crippen LogP contribution in [0.25, 0.3) is 0 Å². The fraction of sp³-hybridized carbons (Fsp3) is 0.923. The first kappa shape index (κ1) is 70.7. The molecular formula is C65H125NO8. The number of rotatable bonds is 57. The molecule has 7 atom stereocenters. The van der Waals surface area contributed by atoms with Crippen LogP contribution in [0.1, 0.15) is 328 Å². The quantitative estimate of drug-likeness (QED) is 0.0261. The molecule has 1 aliphatic heterocycles. The van der Waals surface area contributed by atoms with Gasteiger partial charge in [0.2, 0.25) is 5.91 Å². The van der Waals surface area contributed by atoms with Crippen molar-refractivity contribution in [3.63, 3.8) is 0 Å². The van der Waals surface area contributed by atoms with Crippen molar-refractivity contribution in [3.8, 4) is 0 Å². The Morgan fingerprint density at radius 2 is 0.797 bits per heavy atom. The first-order valence-electron chi connectivity index (χ1n) is 32.5. The Kier molecular flexibility index (Phi) is 52.5. The van der Waals surface area contributed by atoms with Crippen LogP contribution in [0.15, 0.2) is 24.3 Å². The molecule has 6 N–H and O–H groups in total. The Morgan fingerprint density at radius 1 is 0.459 bits per heavy atom. The number of unbranched alkanes of at least 4 members (excludes halogenated alkanes) is 43. The number of nitrogens with one attached hydrogen (secondary N) is 1. The van der Waals surface area contributed by atoms with Gasteiger partial charge in [0.1, 0.15) is 24.4 Å². The first-order valence-corrected chi connectivity index (χ1v) is 32.5. The molecule has 438 valence electrons. The van der Waals surface area contributed by atoms with Crippen molar-refractivity contribution < 1.29 is 39.8 Å². The second-order valence-corrected chi connectivity index (χ2v) is 22.9. The highest BCUT2D eigenvalue weighted by atomic mass is 16.7. The normalized spacial score (nSPS) is 19.0. The molecule has 0 bridgehead atoms. The lowest BCUT2D eigenvalue weighted by molar-refractivity contribution is -0.302. The number of aliphatic hydroxyl groups is 5. The van der Waals surface area contributed by atoms with Crippen LogP contribution in [0.3, 0.4) is 0 Å². The molecule has 7 unspecified atom stereocenters. The average molecular weight is 1050 g/mol. The lowest BCUT2D eigenvalue weighted by atomic mass is 9.99. The minimum absolute atomic E-state index is 0.133. The Bertz CT molecular complexity index is 1210. The van der Waals surface area contributed by atoms with Gasteiger partial charge in [-0.25, -0.2) is 0 Å². The molecule has 1 amide bonds. The fourth-order valence-corrected chi connectivity index (χ4v) is 10.7. The van der Waals surface area contributed by atoms with E-state index in [-0.39, 0.29) is 12.5 Å². The molecule has 74 heavy (non-hydrogen) atoms. The van der Waals surface area contributed by atoms with E-state index in [9.17, 15) is 30.3 Å². The minimum atomic E-state index is -1.55. The van der Waals surface area contributed by atoms with Gasteiger partial charge >= 0.3 is 0 Å². The number of hydrogen-bond acceptors (Lipinski definition) is 8. The van der Waals surface area contributed by atoms with Crippen LogP contribution < -0.4 is 5.32 Å². The third kappa shape index (κ3) is 43.6. The Morgan fingerprint density at radius 3 is 1.16 bits per heavy atom. The van der Waals surface area contributed by atoms with Crippen molar-refractivity contribution in [2.24, 2.45) is 0 Å². The monoisotopic (exact) mass is 1050 g/mol. The number of aliphatic hydroxyl groups excluding tert-OH is 5. The van der Waals surface area contributed by atoms with Crippen LogP contribution in [-0.4, -0.2) is 87.5 Å². The van der Waals surface area contributed by atoms with Gasteiger partial charge in [0.05, 0.1) is 25.4 Å². The van der Waals surface area contributed by atoms with Crippen LogP contribution in [0.2, 0.25) is 0 Å². The summed E-state index contributed by atoms with van der Waals surface area (Å²) in [6.45, 7) is 3.86. The Hall–Kier alpha value is -1.33. The lowest BCUT2D eigenvalue weighted by Gasteiger charge is -2.40. The van der Waals surface area contributed by atoms with E-state index in [1.807, 2.05) is 0 Å². The Balaban J connectivity index is 2.03. The zero-order valence-electron chi connectivity index (χ0n) is 48.9. The standard InChI is InChI=1S/C65H125NO8/c1-3-5-7-9-11-13-15-17-19-20-21-22-23-24-25-26-27-28-29-30-31-32-33-34-35-36-37-38-39-40-41-43-45-47-49-51-53-55-61(69)66-58(57-73-65-64(72)63(71)62(70)60(56-67)74-65)59(68)54-52-50-48-46-44-42-18-16-14-12-10-8-6-4-2/h15,17,20-21,58-60,62-65,67-68,70-72H,3-14,16,18-19,22-57H2,1-2H3,(H,66,69)/b17-15-,21-20-. The third-order valence-electron chi connectivity index (χ3n) is 15.8. The number of allylic oxidation sites excluding steroid dienone is 4. The number of amides is 1. The summed E-state index contributed by atoms with van der Waals surface area (Å²) in [5.74, 6) is -0.138. The molecule has 9 heteroatoms. The van der Waals surface area contributed by atoms with Crippen molar-refractivity contribution >= 4 is 5.91 Å². The molecule has 1 saturated heterocycles. The number of carbonyl (C=O) groups excluding carboxylic acids is 1. The molecular weight excluding hydrogens is 923 g/mol. The van der Waals surface area contributed by atoms with Gasteiger partial charge in [-0.05, 0) is 44.9 Å². The highest BCUT2D eigenvalue weighted by Crippen LogP contribution is 2.24.